The summed E-state index contributed by atoms with van der Waals surface area (Å²) < 4.78 is 0. The van der Waals surface area contributed by atoms with E-state index in [4.69, 9.17) is 5.11 Å². The molecular weight excluding hydrogens is 316 g/mol. The van der Waals surface area contributed by atoms with Crippen LogP contribution in [0.2, 0.25) is 0 Å². The topological polar surface area (TPSA) is 78.4 Å². The summed E-state index contributed by atoms with van der Waals surface area (Å²) in [5.74, 6) is 0.943. The zero-order chi connectivity index (χ0) is 17.6. The van der Waals surface area contributed by atoms with Crippen molar-refractivity contribution in [1.29, 1.82) is 0 Å². The number of likely N-dealkylation sites (N-methyl/N-ethyl adjacent to an activating group) is 1. The molecular formula is C19H24N4O2. The summed E-state index contributed by atoms with van der Waals surface area (Å²) >= 11 is 0. The minimum atomic E-state index is -0.224. The molecule has 3 rings (SSSR count). The second-order valence-corrected chi connectivity index (χ2v) is 6.43. The Morgan fingerprint density at radius 2 is 1.96 bits per heavy atom. The van der Waals surface area contributed by atoms with E-state index in [9.17, 15) is 4.79 Å². The summed E-state index contributed by atoms with van der Waals surface area (Å²) in [6, 6.07) is 9.17. The van der Waals surface area contributed by atoms with Gasteiger partial charge < -0.3 is 15.3 Å². The molecule has 1 aliphatic rings. The lowest BCUT2D eigenvalue weighted by Gasteiger charge is -2.18. The van der Waals surface area contributed by atoms with Crippen LogP contribution in [-0.4, -0.2) is 41.2 Å². The standard InChI is InChI=1S/C19H24N4O2/c1-23(12-13-24)16-8-6-15(7-9-16)21-19(25)17-10-11-20-18(22-17)14-4-2-3-5-14/h6-11,14,24H,2-5,12-13H2,1H3,(H,21,25). The van der Waals surface area contributed by atoms with Crippen LogP contribution in [0.25, 0.3) is 0 Å². The maximum Gasteiger partial charge on any atom is 0.274 e. The third-order valence-electron chi connectivity index (χ3n) is 4.63. The predicted octanol–water partition coefficient (Wildman–Crippen LogP) is 2.82. The highest BCUT2D eigenvalue weighted by Gasteiger charge is 2.20. The lowest BCUT2D eigenvalue weighted by molar-refractivity contribution is 0.102. The molecule has 0 saturated heterocycles. The summed E-state index contributed by atoms with van der Waals surface area (Å²) in [5.41, 5.74) is 2.10. The van der Waals surface area contributed by atoms with Crippen LogP contribution in [0, 0.1) is 0 Å². The average Bonchev–Trinajstić information content (AvgIpc) is 3.17. The number of aliphatic hydroxyl groups excluding tert-OH is 1. The van der Waals surface area contributed by atoms with Crippen molar-refractivity contribution in [1.82, 2.24) is 9.97 Å². The van der Waals surface area contributed by atoms with Crippen molar-refractivity contribution in [3.05, 3.63) is 48.0 Å². The van der Waals surface area contributed by atoms with Gasteiger partial charge in [-0.3, -0.25) is 4.79 Å². The van der Waals surface area contributed by atoms with Crippen LogP contribution < -0.4 is 10.2 Å². The molecule has 2 aromatic rings. The number of rotatable bonds is 6. The van der Waals surface area contributed by atoms with Crippen molar-refractivity contribution in [3.63, 3.8) is 0 Å². The summed E-state index contributed by atoms with van der Waals surface area (Å²) in [5, 5.41) is 11.9. The van der Waals surface area contributed by atoms with Gasteiger partial charge in [-0.1, -0.05) is 12.8 Å². The van der Waals surface area contributed by atoms with Crippen LogP contribution in [-0.2, 0) is 0 Å². The molecule has 2 N–H and O–H groups in total. The predicted molar refractivity (Wildman–Crippen MR) is 98.0 cm³/mol. The minimum absolute atomic E-state index is 0.103. The van der Waals surface area contributed by atoms with Gasteiger partial charge in [0.05, 0.1) is 6.61 Å². The number of aromatic nitrogens is 2. The van der Waals surface area contributed by atoms with Crippen molar-refractivity contribution in [2.75, 3.05) is 30.4 Å². The number of carbonyl (C=O) groups excluding carboxylic acids is 1. The molecule has 1 aliphatic carbocycles. The molecule has 25 heavy (non-hydrogen) atoms. The molecule has 0 radical (unpaired) electrons. The number of carbonyl (C=O) groups is 1. The first-order chi connectivity index (χ1) is 12.2. The highest BCUT2D eigenvalue weighted by molar-refractivity contribution is 6.02. The van der Waals surface area contributed by atoms with Gasteiger partial charge in [0.25, 0.3) is 5.91 Å². The van der Waals surface area contributed by atoms with Gasteiger partial charge >= 0.3 is 0 Å². The van der Waals surface area contributed by atoms with Gasteiger partial charge in [0.1, 0.15) is 11.5 Å². The van der Waals surface area contributed by atoms with Crippen molar-refractivity contribution in [3.8, 4) is 0 Å². The van der Waals surface area contributed by atoms with E-state index in [2.05, 4.69) is 15.3 Å². The van der Waals surface area contributed by atoms with E-state index < -0.39 is 0 Å². The smallest absolute Gasteiger partial charge is 0.274 e. The molecule has 1 saturated carbocycles. The van der Waals surface area contributed by atoms with Gasteiger partial charge in [0.15, 0.2) is 0 Å². The van der Waals surface area contributed by atoms with Crippen molar-refractivity contribution >= 4 is 17.3 Å². The van der Waals surface area contributed by atoms with E-state index in [-0.39, 0.29) is 12.5 Å². The summed E-state index contributed by atoms with van der Waals surface area (Å²) in [6.45, 7) is 0.669. The Balaban J connectivity index is 1.66. The first-order valence-electron chi connectivity index (χ1n) is 8.73. The van der Waals surface area contributed by atoms with E-state index >= 15 is 0 Å². The largest absolute Gasteiger partial charge is 0.395 e. The van der Waals surface area contributed by atoms with E-state index in [1.807, 2.05) is 36.2 Å². The number of hydrogen-bond acceptors (Lipinski definition) is 5. The number of amides is 1. The van der Waals surface area contributed by atoms with Crippen molar-refractivity contribution in [2.45, 2.75) is 31.6 Å². The Kier molecular flexibility index (Phi) is 5.60. The molecule has 1 aromatic heterocycles. The molecule has 0 unspecified atom stereocenters. The van der Waals surface area contributed by atoms with E-state index in [1.54, 1.807) is 12.3 Å². The molecule has 1 fully saturated rings. The van der Waals surface area contributed by atoms with Gasteiger partial charge in [-0.15, -0.1) is 0 Å². The van der Waals surface area contributed by atoms with Crippen LogP contribution in [0.3, 0.4) is 0 Å². The fourth-order valence-electron chi connectivity index (χ4n) is 3.15. The number of aliphatic hydroxyl groups is 1. The van der Waals surface area contributed by atoms with Crippen molar-refractivity contribution < 1.29 is 9.90 Å². The maximum atomic E-state index is 12.5. The third-order valence-corrected chi connectivity index (χ3v) is 4.63. The quantitative estimate of drug-likeness (QED) is 0.845. The Labute approximate surface area is 147 Å². The van der Waals surface area contributed by atoms with Crippen molar-refractivity contribution in [2.24, 2.45) is 0 Å². The highest BCUT2D eigenvalue weighted by atomic mass is 16.3. The van der Waals surface area contributed by atoms with E-state index in [0.29, 0.717) is 23.8 Å². The van der Waals surface area contributed by atoms with Crippen LogP contribution in [0.15, 0.2) is 36.5 Å². The summed E-state index contributed by atoms with van der Waals surface area (Å²) in [4.78, 5) is 23.2. The fourth-order valence-corrected chi connectivity index (χ4v) is 3.15. The summed E-state index contributed by atoms with van der Waals surface area (Å²) in [7, 11) is 1.91. The molecule has 1 heterocycles. The molecule has 1 aromatic carbocycles. The van der Waals surface area contributed by atoms with E-state index in [0.717, 1.165) is 24.4 Å². The molecule has 6 nitrogen and oxygen atoms in total. The molecule has 6 heteroatoms. The first-order valence-corrected chi connectivity index (χ1v) is 8.73. The molecule has 1 amide bonds. The monoisotopic (exact) mass is 340 g/mol. The molecule has 0 bridgehead atoms. The third kappa shape index (κ3) is 4.33. The highest BCUT2D eigenvalue weighted by Crippen LogP contribution is 2.31. The zero-order valence-corrected chi connectivity index (χ0v) is 14.5. The Morgan fingerprint density at radius 3 is 2.64 bits per heavy atom. The first kappa shape index (κ1) is 17.4. The lowest BCUT2D eigenvalue weighted by atomic mass is 10.1. The Hall–Kier alpha value is -2.47. The second kappa shape index (κ2) is 8.07. The normalized spacial score (nSPS) is 14.5. The van der Waals surface area contributed by atoms with Gasteiger partial charge in [-0.05, 0) is 43.2 Å². The van der Waals surface area contributed by atoms with Crippen LogP contribution in [0.1, 0.15) is 47.9 Å². The van der Waals surface area contributed by atoms with E-state index in [1.165, 1.54) is 12.8 Å². The van der Waals surface area contributed by atoms with Crippen LogP contribution in [0.5, 0.6) is 0 Å². The molecule has 0 spiro atoms. The molecule has 0 aliphatic heterocycles. The van der Waals surface area contributed by atoms with Crippen LogP contribution >= 0.6 is 0 Å². The zero-order valence-electron chi connectivity index (χ0n) is 14.5. The Bertz CT molecular complexity index is 712. The average molecular weight is 340 g/mol. The number of hydrogen-bond donors (Lipinski definition) is 2. The number of benzene rings is 1. The van der Waals surface area contributed by atoms with Gasteiger partial charge in [0, 0.05) is 37.1 Å². The lowest BCUT2D eigenvalue weighted by Crippen LogP contribution is -2.21. The van der Waals surface area contributed by atoms with Crippen LogP contribution in [0.4, 0.5) is 11.4 Å². The van der Waals surface area contributed by atoms with Gasteiger partial charge in [-0.25, -0.2) is 9.97 Å². The second-order valence-electron chi connectivity index (χ2n) is 6.43. The molecule has 132 valence electrons. The number of anilines is 2. The number of nitrogens with one attached hydrogen (secondary N) is 1. The minimum Gasteiger partial charge on any atom is -0.395 e. The SMILES string of the molecule is CN(CCO)c1ccc(NC(=O)c2ccnc(C3CCCC3)n2)cc1. The van der Waals surface area contributed by atoms with Gasteiger partial charge in [-0.2, -0.15) is 0 Å². The van der Waals surface area contributed by atoms with Gasteiger partial charge in [0.2, 0.25) is 0 Å². The fraction of sp³-hybridized carbons (Fsp3) is 0.421. The summed E-state index contributed by atoms with van der Waals surface area (Å²) in [6.07, 6.45) is 6.30. The molecule has 0 atom stereocenters. The maximum absolute atomic E-state index is 12.5. The Morgan fingerprint density at radius 1 is 1.24 bits per heavy atom. The number of nitrogens with zero attached hydrogens (tertiary/aromatic N) is 3.